The van der Waals surface area contributed by atoms with Crippen molar-refractivity contribution in [2.75, 3.05) is 13.7 Å². The third kappa shape index (κ3) is 6.04. The van der Waals surface area contributed by atoms with Crippen LogP contribution in [0.25, 0.3) is 10.2 Å². The minimum Gasteiger partial charge on any atom is -0.497 e. The molecular weight excluding hydrogens is 412 g/mol. The van der Waals surface area contributed by atoms with Gasteiger partial charge in [-0.25, -0.2) is 0 Å². The summed E-state index contributed by atoms with van der Waals surface area (Å²) in [5, 5.41) is 0. The minimum atomic E-state index is -0.346. The van der Waals surface area contributed by atoms with Crippen LogP contribution in [0.3, 0.4) is 0 Å². The van der Waals surface area contributed by atoms with Crippen LogP contribution in [0.2, 0.25) is 0 Å². The Hall–Kier alpha value is -2.93. The maximum Gasteiger partial charge on any atom is 0.326 e. The number of ether oxygens (including phenoxy) is 2. The summed E-state index contributed by atoms with van der Waals surface area (Å²) in [6, 6.07) is 13.6. The van der Waals surface area contributed by atoms with E-state index in [9.17, 15) is 9.59 Å². The minimum absolute atomic E-state index is 0.0246. The van der Waals surface area contributed by atoms with E-state index in [1.54, 1.807) is 18.6 Å². The third-order valence-corrected chi connectivity index (χ3v) is 5.93. The van der Waals surface area contributed by atoms with Gasteiger partial charge in [0, 0.05) is 0 Å². The van der Waals surface area contributed by atoms with Crippen molar-refractivity contribution in [2.24, 2.45) is 4.99 Å². The van der Waals surface area contributed by atoms with Gasteiger partial charge in [0.2, 0.25) is 0 Å². The largest absolute Gasteiger partial charge is 0.497 e. The van der Waals surface area contributed by atoms with Crippen LogP contribution in [0.1, 0.15) is 37.8 Å². The van der Waals surface area contributed by atoms with E-state index in [0.29, 0.717) is 11.4 Å². The number of nitrogens with zero attached hydrogens (tertiary/aromatic N) is 2. The van der Waals surface area contributed by atoms with Gasteiger partial charge < -0.3 is 14.0 Å². The fourth-order valence-corrected chi connectivity index (χ4v) is 4.40. The number of thiazole rings is 1. The maximum absolute atomic E-state index is 12.7. The molecule has 1 amide bonds. The van der Waals surface area contributed by atoms with Crippen molar-refractivity contribution >= 4 is 33.4 Å². The summed E-state index contributed by atoms with van der Waals surface area (Å²) < 4.78 is 13.1. The summed E-state index contributed by atoms with van der Waals surface area (Å²) in [6.45, 7) is 4.28. The van der Waals surface area contributed by atoms with Crippen molar-refractivity contribution in [1.82, 2.24) is 4.57 Å². The molecule has 164 valence electrons. The number of aromatic nitrogens is 1. The second kappa shape index (κ2) is 10.9. The number of carbonyl (C=O) groups is 2. The molecule has 31 heavy (non-hydrogen) atoms. The number of hydrogen-bond acceptors (Lipinski definition) is 5. The third-order valence-electron chi connectivity index (χ3n) is 4.89. The summed E-state index contributed by atoms with van der Waals surface area (Å²) in [5.74, 6) is 0.130. The first-order valence-electron chi connectivity index (χ1n) is 10.5. The molecule has 2 aromatic carbocycles. The van der Waals surface area contributed by atoms with Gasteiger partial charge in [-0.3, -0.25) is 9.59 Å². The number of methoxy groups -OCH3 is 1. The fraction of sp³-hybridized carbons (Fsp3) is 0.375. The molecule has 0 spiro atoms. The van der Waals surface area contributed by atoms with E-state index in [1.807, 2.05) is 30.3 Å². The summed E-state index contributed by atoms with van der Waals surface area (Å²) in [4.78, 5) is 29.7. The van der Waals surface area contributed by atoms with E-state index in [2.05, 4.69) is 24.0 Å². The molecule has 0 saturated heterocycles. The second-order valence-corrected chi connectivity index (χ2v) is 8.22. The highest BCUT2D eigenvalue weighted by Gasteiger charge is 2.13. The summed E-state index contributed by atoms with van der Waals surface area (Å²) in [5.41, 5.74) is 2.98. The van der Waals surface area contributed by atoms with Gasteiger partial charge in [0.15, 0.2) is 4.80 Å². The number of esters is 1. The molecule has 1 aromatic heterocycles. The Labute approximate surface area is 186 Å². The number of rotatable bonds is 9. The molecule has 3 aromatic rings. The SMILES string of the molecule is CCCCc1ccc2c(c1)sc(=NC(=O)Cc1ccc(OC)cc1)n2CC(=O)OCC. The highest BCUT2D eigenvalue weighted by Crippen LogP contribution is 2.21. The highest BCUT2D eigenvalue weighted by atomic mass is 32.1. The fourth-order valence-electron chi connectivity index (χ4n) is 3.29. The van der Waals surface area contributed by atoms with Gasteiger partial charge in [-0.05, 0) is 55.2 Å². The summed E-state index contributed by atoms with van der Waals surface area (Å²) in [6.07, 6.45) is 3.44. The normalized spacial score (nSPS) is 11.6. The average Bonchev–Trinajstić information content (AvgIpc) is 3.08. The van der Waals surface area contributed by atoms with Crippen LogP contribution in [0.15, 0.2) is 47.5 Å². The molecule has 0 aliphatic heterocycles. The van der Waals surface area contributed by atoms with Gasteiger partial charge in [-0.2, -0.15) is 4.99 Å². The quantitative estimate of drug-likeness (QED) is 0.466. The van der Waals surface area contributed by atoms with Crippen molar-refractivity contribution < 1.29 is 19.1 Å². The molecule has 0 fully saturated rings. The Kier molecular flexibility index (Phi) is 8.00. The van der Waals surface area contributed by atoms with Gasteiger partial charge >= 0.3 is 5.97 Å². The monoisotopic (exact) mass is 440 g/mol. The Balaban J connectivity index is 1.94. The molecule has 7 heteroatoms. The van der Waals surface area contributed by atoms with Gasteiger partial charge in [0.25, 0.3) is 5.91 Å². The molecule has 6 nitrogen and oxygen atoms in total. The van der Waals surface area contributed by atoms with Crippen LogP contribution >= 0.6 is 11.3 Å². The lowest BCUT2D eigenvalue weighted by Gasteiger charge is -2.06. The number of fused-ring (bicyclic) bond motifs is 1. The lowest BCUT2D eigenvalue weighted by atomic mass is 10.1. The topological polar surface area (TPSA) is 69.9 Å². The number of unbranched alkanes of at least 4 members (excludes halogenated alkanes) is 1. The number of benzene rings is 2. The van der Waals surface area contributed by atoms with Gasteiger partial charge in [-0.1, -0.05) is 42.9 Å². The molecule has 0 saturated carbocycles. The predicted molar refractivity (Wildman–Crippen MR) is 122 cm³/mol. The van der Waals surface area contributed by atoms with Crippen molar-refractivity contribution in [3.63, 3.8) is 0 Å². The molecular formula is C24H28N2O4S. The maximum atomic E-state index is 12.7. The molecule has 0 radical (unpaired) electrons. The van der Waals surface area contributed by atoms with E-state index in [0.717, 1.165) is 40.8 Å². The lowest BCUT2D eigenvalue weighted by Crippen LogP contribution is -2.23. The van der Waals surface area contributed by atoms with Crippen LogP contribution in [0.4, 0.5) is 0 Å². The highest BCUT2D eigenvalue weighted by molar-refractivity contribution is 7.16. The zero-order chi connectivity index (χ0) is 22.2. The molecule has 1 heterocycles. The van der Waals surface area contributed by atoms with Crippen LogP contribution in [-0.2, 0) is 33.7 Å². The first kappa shape index (κ1) is 22.7. The summed E-state index contributed by atoms with van der Waals surface area (Å²) in [7, 11) is 1.60. The molecule has 0 aliphatic carbocycles. The van der Waals surface area contributed by atoms with Crippen molar-refractivity contribution in [2.45, 2.75) is 46.1 Å². The lowest BCUT2D eigenvalue weighted by molar-refractivity contribution is -0.143. The molecule has 0 bridgehead atoms. The van der Waals surface area contributed by atoms with Crippen molar-refractivity contribution in [3.05, 3.63) is 58.4 Å². The van der Waals surface area contributed by atoms with Gasteiger partial charge in [0.1, 0.15) is 12.3 Å². The predicted octanol–water partition coefficient (Wildman–Crippen LogP) is 4.29. The van der Waals surface area contributed by atoms with E-state index in [-0.39, 0.29) is 24.8 Å². The Bertz CT molecular complexity index is 1110. The second-order valence-electron chi connectivity index (χ2n) is 7.21. The molecule has 3 rings (SSSR count). The van der Waals surface area contributed by atoms with E-state index < -0.39 is 0 Å². The van der Waals surface area contributed by atoms with Gasteiger partial charge in [-0.15, -0.1) is 0 Å². The van der Waals surface area contributed by atoms with Crippen molar-refractivity contribution in [1.29, 1.82) is 0 Å². The number of hydrogen-bond donors (Lipinski definition) is 0. The van der Waals surface area contributed by atoms with E-state index >= 15 is 0 Å². The van der Waals surface area contributed by atoms with Crippen LogP contribution < -0.4 is 9.54 Å². The number of carbonyl (C=O) groups excluding carboxylic acids is 2. The summed E-state index contributed by atoms with van der Waals surface area (Å²) >= 11 is 1.42. The zero-order valence-electron chi connectivity index (χ0n) is 18.2. The Morgan fingerprint density at radius 2 is 1.81 bits per heavy atom. The number of amides is 1. The van der Waals surface area contributed by atoms with E-state index in [4.69, 9.17) is 9.47 Å². The molecule has 0 aliphatic rings. The zero-order valence-corrected chi connectivity index (χ0v) is 19.0. The Morgan fingerprint density at radius 3 is 2.48 bits per heavy atom. The van der Waals surface area contributed by atoms with Gasteiger partial charge in [0.05, 0.1) is 30.4 Å². The smallest absolute Gasteiger partial charge is 0.326 e. The van der Waals surface area contributed by atoms with Crippen LogP contribution in [0, 0.1) is 0 Å². The standard InChI is InChI=1S/C24H28N2O4S/c1-4-6-7-17-10-13-20-21(14-17)31-24(26(20)16-23(28)30-5-2)25-22(27)15-18-8-11-19(29-3)12-9-18/h8-14H,4-7,15-16H2,1-3H3. The first-order valence-corrected chi connectivity index (χ1v) is 11.3. The van der Waals surface area contributed by atoms with E-state index in [1.165, 1.54) is 16.9 Å². The molecule has 0 unspecified atom stereocenters. The Morgan fingerprint density at radius 1 is 1.06 bits per heavy atom. The number of aryl methyl sites for hydroxylation is 1. The van der Waals surface area contributed by atoms with Crippen LogP contribution in [-0.4, -0.2) is 30.2 Å². The molecule has 0 N–H and O–H groups in total. The average molecular weight is 441 g/mol. The first-order chi connectivity index (χ1) is 15.0. The van der Waals surface area contributed by atoms with Crippen molar-refractivity contribution in [3.8, 4) is 5.75 Å². The van der Waals surface area contributed by atoms with Crippen LogP contribution in [0.5, 0.6) is 5.75 Å². The molecule has 0 atom stereocenters.